The molecule has 23 heteroatoms. The van der Waals surface area contributed by atoms with Gasteiger partial charge in [-0.1, -0.05) is 89.9 Å². The highest BCUT2D eigenvalue weighted by atomic mass is 28.6. The standard InChI is InChI=1S/C40H75F3O12Si8/c1-56(2,32-31-40(41,42)43)46-59(35-21-7-8-22-35)51-61(37-25-11-12-26-37)49-57(44,33-17-3-4-18-33)47-60(36-23-9-10-24-36)48-58(45,34-19-5-6-20-34)50-62(54-61,38-27-13-14-28-38)55-63(52-59,53-60)39-29-15-16-30-39/h33-39,44-45H,3-32H2,1-2H3. The maximum absolute atomic E-state index is 14.2. The molecule has 0 aromatic rings. The van der Waals surface area contributed by atoms with E-state index in [0.717, 1.165) is 180 Å². The molecule has 7 atom stereocenters. The van der Waals surface area contributed by atoms with Crippen LogP contribution in [0.25, 0.3) is 0 Å². The molecule has 63 heavy (non-hydrogen) atoms. The summed E-state index contributed by atoms with van der Waals surface area (Å²) in [4.78, 5) is 27.9. The summed E-state index contributed by atoms with van der Waals surface area (Å²) >= 11 is 0. The molecule has 0 radical (unpaired) electrons. The van der Waals surface area contributed by atoms with Gasteiger partial charge in [-0.15, -0.1) is 0 Å². The van der Waals surface area contributed by atoms with Crippen LogP contribution in [0.3, 0.4) is 0 Å². The molecule has 12 rings (SSSR count). The van der Waals surface area contributed by atoms with Crippen LogP contribution in [-0.4, -0.2) is 85.7 Å². The Kier molecular flexibility index (Phi) is 13.6. The minimum atomic E-state index is -4.49. The van der Waals surface area contributed by atoms with E-state index < -0.39 is 82.5 Å². The summed E-state index contributed by atoms with van der Waals surface area (Å²) in [7, 11) is -33.8. The van der Waals surface area contributed by atoms with Gasteiger partial charge in [0.2, 0.25) is 0 Å². The van der Waals surface area contributed by atoms with Crippen molar-refractivity contribution in [3.63, 3.8) is 0 Å². The fourth-order valence-corrected chi connectivity index (χ4v) is 62.2. The van der Waals surface area contributed by atoms with E-state index in [4.69, 9.17) is 41.2 Å². The predicted octanol–water partition coefficient (Wildman–Crippen LogP) is 11.5. The Labute approximate surface area is 382 Å². The molecular formula is C40H75F3O12Si8. The lowest BCUT2D eigenvalue weighted by molar-refractivity contribution is -0.131. The van der Waals surface area contributed by atoms with E-state index in [1.165, 1.54) is 0 Å². The van der Waals surface area contributed by atoms with E-state index in [0.29, 0.717) is 0 Å². The van der Waals surface area contributed by atoms with Crippen LogP contribution in [0.15, 0.2) is 0 Å². The zero-order chi connectivity index (χ0) is 43.8. The highest BCUT2D eigenvalue weighted by Gasteiger charge is 2.83. The van der Waals surface area contributed by atoms with Crippen LogP contribution in [-0.2, 0) is 41.2 Å². The second-order valence-corrected chi connectivity index (χ2v) is 48.5. The number of rotatable bonds is 11. The number of alkyl halides is 3. The van der Waals surface area contributed by atoms with E-state index >= 15 is 0 Å². The number of hydrogen-bond donors (Lipinski definition) is 2. The minimum absolute atomic E-state index is 0.151. The highest BCUT2D eigenvalue weighted by Crippen LogP contribution is 2.63. The van der Waals surface area contributed by atoms with Gasteiger partial charge < -0.3 is 50.7 Å². The van der Waals surface area contributed by atoms with Crippen LogP contribution in [0.1, 0.15) is 186 Å². The second kappa shape index (κ2) is 18.0. The fourth-order valence-electron chi connectivity index (χ4n) is 13.6. The van der Waals surface area contributed by atoms with Crippen LogP contribution in [0.5, 0.6) is 0 Å². The highest BCUT2D eigenvalue weighted by molar-refractivity contribution is 7.00. The topological polar surface area (TPSA) is 133 Å². The third kappa shape index (κ3) is 9.29. The largest absolute Gasteiger partial charge is 0.486 e. The molecule has 0 amide bonds. The van der Waals surface area contributed by atoms with E-state index in [2.05, 4.69) is 0 Å². The molecule has 4 bridgehead atoms. The minimum Gasteiger partial charge on any atom is -0.416 e. The van der Waals surface area contributed by atoms with Gasteiger partial charge in [0.25, 0.3) is 0 Å². The van der Waals surface area contributed by atoms with E-state index in [1.807, 2.05) is 13.1 Å². The van der Waals surface area contributed by atoms with Crippen molar-refractivity contribution in [2.75, 3.05) is 0 Å². The van der Waals surface area contributed by atoms with Crippen molar-refractivity contribution in [2.24, 2.45) is 0 Å². The first-order valence-corrected chi connectivity index (χ1v) is 41.3. The smallest absolute Gasteiger partial charge is 0.416 e. The summed E-state index contributed by atoms with van der Waals surface area (Å²) in [6, 6.07) is -0.151. The van der Waals surface area contributed by atoms with Crippen LogP contribution in [0.4, 0.5) is 13.2 Å². The molecule has 12 aliphatic rings. The van der Waals surface area contributed by atoms with Gasteiger partial charge in [0.15, 0.2) is 8.32 Å². The molecule has 0 aromatic carbocycles. The Morgan fingerprint density at radius 2 is 0.667 bits per heavy atom. The molecule has 0 spiro atoms. The Bertz CT molecular complexity index is 1560. The molecule has 0 aromatic heterocycles. The Morgan fingerprint density at radius 1 is 0.413 bits per heavy atom. The average Bonchev–Trinajstić information content (AvgIpc) is 4.09. The van der Waals surface area contributed by atoms with Crippen LogP contribution >= 0.6 is 0 Å². The number of fused-ring (bicyclic) bond motifs is 4. The van der Waals surface area contributed by atoms with E-state index in [9.17, 15) is 22.8 Å². The van der Waals surface area contributed by atoms with Gasteiger partial charge in [0, 0.05) is 45.2 Å². The van der Waals surface area contributed by atoms with Gasteiger partial charge in [-0.3, -0.25) is 0 Å². The Hall–Kier alpha value is 1.05. The zero-order valence-corrected chi connectivity index (χ0v) is 45.9. The Morgan fingerprint density at radius 3 is 0.984 bits per heavy atom. The number of halogens is 3. The summed E-state index contributed by atoms with van der Waals surface area (Å²) in [5.74, 6) is 0. The first kappa shape index (κ1) is 47.7. The van der Waals surface area contributed by atoms with Gasteiger partial charge in [-0.05, 0) is 109 Å². The maximum Gasteiger partial charge on any atom is 0.486 e. The normalized spacial score (nSPS) is 43.9. The molecule has 5 heterocycles. The first-order chi connectivity index (χ1) is 30.0. The summed E-state index contributed by atoms with van der Waals surface area (Å²) in [6.45, 7) is 3.76. The van der Waals surface area contributed by atoms with Crippen molar-refractivity contribution in [3.05, 3.63) is 0 Å². The van der Waals surface area contributed by atoms with Gasteiger partial charge in [0.05, 0.1) is 0 Å². The summed E-state index contributed by atoms with van der Waals surface area (Å²) in [5.41, 5.74) is -1.76. The quantitative estimate of drug-likeness (QED) is 0.191. The molecule has 5 saturated heterocycles. The van der Waals surface area contributed by atoms with Crippen molar-refractivity contribution in [1.82, 2.24) is 0 Å². The molecule has 12 nitrogen and oxygen atoms in total. The van der Waals surface area contributed by atoms with Crippen LogP contribution < -0.4 is 0 Å². The van der Waals surface area contributed by atoms with Gasteiger partial charge >= 0.3 is 67.8 Å². The molecule has 2 N–H and O–H groups in total. The second-order valence-electron chi connectivity index (χ2n) is 22.0. The molecule has 360 valence electrons. The monoisotopic (exact) mass is 1030 g/mol. The summed E-state index contributed by atoms with van der Waals surface area (Å²) < 4.78 is 122. The third-order valence-corrected chi connectivity index (χ3v) is 53.5. The molecule has 7 unspecified atom stereocenters. The average molecular weight is 1030 g/mol. The summed E-state index contributed by atoms with van der Waals surface area (Å²) in [5, 5.41) is 0. The van der Waals surface area contributed by atoms with Gasteiger partial charge in [-0.2, -0.15) is 13.2 Å². The summed E-state index contributed by atoms with van der Waals surface area (Å²) in [6.07, 6.45) is 18.2. The fraction of sp³-hybridized carbons (Fsp3) is 1.00. The molecular weight excluding hydrogens is 954 g/mol. The first-order valence-electron chi connectivity index (χ1n) is 25.5. The van der Waals surface area contributed by atoms with Gasteiger partial charge in [-0.25, -0.2) is 0 Å². The van der Waals surface area contributed by atoms with Gasteiger partial charge in [0.1, 0.15) is 0 Å². The van der Waals surface area contributed by atoms with Crippen molar-refractivity contribution in [1.29, 1.82) is 0 Å². The van der Waals surface area contributed by atoms with Crippen molar-refractivity contribution < 1.29 is 63.9 Å². The molecule has 7 aliphatic carbocycles. The van der Waals surface area contributed by atoms with Crippen molar-refractivity contribution in [3.8, 4) is 0 Å². The zero-order valence-electron chi connectivity index (χ0n) is 37.9. The Balaban J connectivity index is 1.27. The van der Waals surface area contributed by atoms with Crippen LogP contribution in [0, 0.1) is 0 Å². The van der Waals surface area contributed by atoms with Crippen LogP contribution in [0.2, 0.25) is 57.9 Å². The lowest BCUT2D eigenvalue weighted by atomic mass is 10.4. The SMILES string of the molecule is C[Si](C)(CCC(F)(F)F)O[Si]1(C2CCCC2)O[Si]2(C3CCCC3)O[Si](O)(C3CCCC3)O[Si]3(C4CCCC4)O[Si](O)(C4CCCC4)O[Si](C4CCCC4)(O2)O[Si](C2CCCC2)(O3)O1. The lowest BCUT2D eigenvalue weighted by Crippen LogP contribution is -2.85. The predicted molar refractivity (Wildman–Crippen MR) is 244 cm³/mol. The lowest BCUT2D eigenvalue weighted by Gasteiger charge is -2.62. The van der Waals surface area contributed by atoms with Crippen molar-refractivity contribution >= 4 is 69.9 Å². The van der Waals surface area contributed by atoms with Crippen molar-refractivity contribution in [2.45, 2.75) is 250 Å². The molecule has 12 fully saturated rings. The molecule has 7 saturated carbocycles. The van der Waals surface area contributed by atoms with E-state index in [-0.39, 0.29) is 44.8 Å². The third-order valence-electron chi connectivity index (χ3n) is 17.0. The molecule has 5 aliphatic heterocycles. The number of hydrogen-bond acceptors (Lipinski definition) is 12. The van der Waals surface area contributed by atoms with E-state index in [1.54, 1.807) is 0 Å². The maximum atomic E-state index is 14.2.